The molecule has 3 aromatic rings. The molecule has 1 unspecified atom stereocenters. The van der Waals surface area contributed by atoms with Gasteiger partial charge in [0.2, 0.25) is 0 Å². The lowest BCUT2D eigenvalue weighted by atomic mass is 9.97. The fourth-order valence-corrected chi connectivity index (χ4v) is 6.84. The Morgan fingerprint density at radius 2 is 1.97 bits per heavy atom. The molecule has 7 nitrogen and oxygen atoms in total. The average molecular weight is 493 g/mol. The minimum atomic E-state index is -3.09. The van der Waals surface area contributed by atoms with Gasteiger partial charge in [0.05, 0.1) is 39.9 Å². The number of hydrogen-bond donors (Lipinski definition) is 1. The molecule has 1 saturated heterocycles. The Hall–Kier alpha value is -3.00. The van der Waals surface area contributed by atoms with Crippen molar-refractivity contribution in [2.24, 2.45) is 0 Å². The van der Waals surface area contributed by atoms with Gasteiger partial charge in [-0.3, -0.25) is 4.79 Å². The smallest absolute Gasteiger partial charge is 0.252 e. The number of sulfone groups is 1. The van der Waals surface area contributed by atoms with Crippen LogP contribution in [-0.4, -0.2) is 47.1 Å². The van der Waals surface area contributed by atoms with Crippen LogP contribution in [0, 0.1) is 13.8 Å². The number of allylic oxidation sites excluding steroid dienone is 1. The van der Waals surface area contributed by atoms with E-state index in [0.717, 1.165) is 30.4 Å². The van der Waals surface area contributed by atoms with E-state index in [1.807, 2.05) is 44.2 Å². The molecule has 5 rings (SSSR count). The van der Waals surface area contributed by atoms with Crippen molar-refractivity contribution >= 4 is 26.8 Å². The zero-order valence-corrected chi connectivity index (χ0v) is 21.2. The van der Waals surface area contributed by atoms with Crippen LogP contribution in [-0.2, 0) is 9.84 Å². The van der Waals surface area contributed by atoms with Crippen LogP contribution in [0.3, 0.4) is 0 Å². The van der Waals surface area contributed by atoms with Gasteiger partial charge in [-0.15, -0.1) is 0 Å². The van der Waals surface area contributed by atoms with Crippen LogP contribution in [0.2, 0.25) is 0 Å². The lowest BCUT2D eigenvalue weighted by Crippen LogP contribution is -2.25. The fourth-order valence-electron chi connectivity index (χ4n) is 5.15. The third-order valence-electron chi connectivity index (χ3n) is 7.10. The molecule has 35 heavy (non-hydrogen) atoms. The van der Waals surface area contributed by atoms with Crippen LogP contribution in [0.15, 0.2) is 42.0 Å². The standard InChI is InChI=1S/C27H32N4O3S/c1-18-8-10-21(11-9-18)24-16-23(27(32)28-14-12-20-6-4-3-5-7-20)25-19(2)30-31(26(25)29-24)22-13-15-35(33,34)17-22/h6,8-11,16,22H,3-5,7,12-15,17H2,1-2H3,(H,28,32). The van der Waals surface area contributed by atoms with Gasteiger partial charge in [-0.25, -0.2) is 18.1 Å². The second-order valence-corrected chi connectivity index (χ2v) is 12.0. The highest BCUT2D eigenvalue weighted by atomic mass is 32.2. The molecule has 0 bridgehead atoms. The SMILES string of the molecule is Cc1ccc(-c2cc(C(=O)NCCC3=CCCCC3)c3c(C)nn(C4CCS(=O)(=O)C4)c3n2)cc1. The Labute approximate surface area is 206 Å². The van der Waals surface area contributed by atoms with Crippen LogP contribution in [0.25, 0.3) is 22.3 Å². The predicted octanol–water partition coefficient (Wildman–Crippen LogP) is 4.70. The van der Waals surface area contributed by atoms with E-state index in [1.54, 1.807) is 4.68 Å². The van der Waals surface area contributed by atoms with E-state index >= 15 is 0 Å². The van der Waals surface area contributed by atoms with E-state index < -0.39 is 9.84 Å². The maximum atomic E-state index is 13.4. The molecule has 1 aliphatic heterocycles. The summed E-state index contributed by atoms with van der Waals surface area (Å²) < 4.78 is 26.1. The third-order valence-corrected chi connectivity index (χ3v) is 8.85. The summed E-state index contributed by atoms with van der Waals surface area (Å²) in [5, 5.41) is 8.48. The molecule has 3 heterocycles. The molecule has 8 heteroatoms. The van der Waals surface area contributed by atoms with Crippen molar-refractivity contribution < 1.29 is 13.2 Å². The summed E-state index contributed by atoms with van der Waals surface area (Å²) in [6.45, 7) is 4.47. The molecule has 2 aromatic heterocycles. The number of fused-ring (bicyclic) bond motifs is 1. The van der Waals surface area contributed by atoms with Crippen LogP contribution < -0.4 is 5.32 Å². The summed E-state index contributed by atoms with van der Waals surface area (Å²) in [4.78, 5) is 18.3. The number of aryl methyl sites for hydroxylation is 2. The van der Waals surface area contributed by atoms with E-state index in [9.17, 15) is 13.2 Å². The minimum absolute atomic E-state index is 0.0519. The summed E-state index contributed by atoms with van der Waals surface area (Å²) >= 11 is 0. The van der Waals surface area contributed by atoms with Crippen LogP contribution in [0.5, 0.6) is 0 Å². The van der Waals surface area contributed by atoms with Gasteiger partial charge < -0.3 is 5.32 Å². The van der Waals surface area contributed by atoms with Crippen LogP contribution in [0.4, 0.5) is 0 Å². The van der Waals surface area contributed by atoms with Gasteiger partial charge in [-0.2, -0.15) is 5.10 Å². The van der Waals surface area contributed by atoms with Gasteiger partial charge in [0.25, 0.3) is 5.91 Å². The molecule has 1 N–H and O–H groups in total. The van der Waals surface area contributed by atoms with Crippen molar-refractivity contribution in [3.8, 4) is 11.3 Å². The fraction of sp³-hybridized carbons (Fsp3) is 0.444. The summed E-state index contributed by atoms with van der Waals surface area (Å²) in [6.07, 6.45) is 8.39. The Balaban J connectivity index is 1.54. The molecule has 0 spiro atoms. The molecule has 1 fully saturated rings. The number of carbonyl (C=O) groups is 1. The molecule has 0 radical (unpaired) electrons. The first kappa shape index (κ1) is 23.7. The second-order valence-electron chi connectivity index (χ2n) is 9.82. The number of benzene rings is 1. The van der Waals surface area contributed by atoms with Crippen molar-refractivity contribution in [1.29, 1.82) is 0 Å². The lowest BCUT2D eigenvalue weighted by Gasteiger charge is -2.14. The molecule has 1 atom stereocenters. The number of nitrogens with zero attached hydrogens (tertiary/aromatic N) is 3. The zero-order chi connectivity index (χ0) is 24.6. The zero-order valence-electron chi connectivity index (χ0n) is 20.4. The Bertz CT molecular complexity index is 1400. The van der Waals surface area contributed by atoms with Gasteiger partial charge >= 0.3 is 0 Å². The Morgan fingerprint density at radius 3 is 2.66 bits per heavy atom. The first-order valence-electron chi connectivity index (χ1n) is 12.4. The van der Waals surface area contributed by atoms with E-state index in [4.69, 9.17) is 4.98 Å². The topological polar surface area (TPSA) is 94.0 Å². The number of amides is 1. The van der Waals surface area contributed by atoms with E-state index in [1.165, 1.54) is 18.4 Å². The molecule has 1 amide bonds. The average Bonchev–Trinajstić information content (AvgIpc) is 3.38. The highest BCUT2D eigenvalue weighted by Crippen LogP contribution is 2.32. The van der Waals surface area contributed by atoms with Gasteiger partial charge in [0.15, 0.2) is 15.5 Å². The number of nitrogens with one attached hydrogen (secondary N) is 1. The predicted molar refractivity (Wildman–Crippen MR) is 138 cm³/mol. The number of rotatable bonds is 6. The van der Waals surface area contributed by atoms with Crippen molar-refractivity contribution in [3.05, 3.63) is 58.8 Å². The molecule has 1 aromatic carbocycles. The first-order chi connectivity index (χ1) is 16.8. The van der Waals surface area contributed by atoms with E-state index in [0.29, 0.717) is 41.0 Å². The monoisotopic (exact) mass is 492 g/mol. The number of aromatic nitrogens is 3. The summed E-state index contributed by atoms with van der Waals surface area (Å²) in [5.41, 5.74) is 5.94. The number of hydrogen-bond acceptors (Lipinski definition) is 5. The van der Waals surface area contributed by atoms with Crippen LogP contribution >= 0.6 is 0 Å². The third kappa shape index (κ3) is 5.03. The molecule has 0 saturated carbocycles. The van der Waals surface area contributed by atoms with Crippen molar-refractivity contribution in [3.63, 3.8) is 0 Å². The van der Waals surface area contributed by atoms with Gasteiger partial charge in [-0.05, 0) is 58.4 Å². The van der Waals surface area contributed by atoms with Gasteiger partial charge in [0.1, 0.15) is 0 Å². The summed E-state index contributed by atoms with van der Waals surface area (Å²) in [7, 11) is -3.09. The normalized spacial score (nSPS) is 19.6. The van der Waals surface area contributed by atoms with Crippen molar-refractivity contribution in [2.75, 3.05) is 18.1 Å². The Kier molecular flexibility index (Phi) is 6.49. The number of carbonyl (C=O) groups excluding carboxylic acids is 1. The summed E-state index contributed by atoms with van der Waals surface area (Å²) in [5.74, 6) is 0.0544. The second kappa shape index (κ2) is 9.57. The Morgan fingerprint density at radius 1 is 1.17 bits per heavy atom. The van der Waals surface area contributed by atoms with Crippen LogP contribution in [0.1, 0.15) is 66.2 Å². The molecule has 184 valence electrons. The molecular formula is C27H32N4O3S. The molecular weight excluding hydrogens is 460 g/mol. The lowest BCUT2D eigenvalue weighted by molar-refractivity contribution is 0.0955. The molecule has 1 aliphatic carbocycles. The van der Waals surface area contributed by atoms with E-state index in [-0.39, 0.29) is 23.5 Å². The minimum Gasteiger partial charge on any atom is -0.352 e. The molecule has 2 aliphatic rings. The van der Waals surface area contributed by atoms with Gasteiger partial charge in [0, 0.05) is 12.1 Å². The van der Waals surface area contributed by atoms with Gasteiger partial charge in [-0.1, -0.05) is 41.5 Å². The largest absolute Gasteiger partial charge is 0.352 e. The first-order valence-corrected chi connectivity index (χ1v) is 14.3. The number of pyridine rings is 1. The van der Waals surface area contributed by atoms with E-state index in [2.05, 4.69) is 16.5 Å². The highest BCUT2D eigenvalue weighted by molar-refractivity contribution is 7.91. The maximum Gasteiger partial charge on any atom is 0.252 e. The van der Waals surface area contributed by atoms with Crippen molar-refractivity contribution in [2.45, 2.75) is 58.4 Å². The maximum absolute atomic E-state index is 13.4. The highest BCUT2D eigenvalue weighted by Gasteiger charge is 2.32. The quantitative estimate of drug-likeness (QED) is 0.504. The summed E-state index contributed by atoms with van der Waals surface area (Å²) in [6, 6.07) is 9.59. The van der Waals surface area contributed by atoms with Crippen molar-refractivity contribution in [1.82, 2.24) is 20.1 Å².